The minimum atomic E-state index is -0.372. The molecule has 0 bridgehead atoms. The zero-order valence-corrected chi connectivity index (χ0v) is 12.2. The molecule has 0 unspecified atom stereocenters. The molecule has 104 valence electrons. The number of benzene rings is 1. The van der Waals surface area contributed by atoms with Gasteiger partial charge in [0.25, 0.3) is 0 Å². The number of ketones is 1. The molecule has 1 N–H and O–H groups in total. The van der Waals surface area contributed by atoms with Crippen molar-refractivity contribution >= 4 is 11.4 Å². The van der Waals surface area contributed by atoms with Crippen LogP contribution >= 0.6 is 0 Å². The Bertz CT molecular complexity index is 677. The molecule has 2 rings (SSSR count). The number of carbonyl (C=O) groups is 1. The van der Waals surface area contributed by atoms with Crippen molar-refractivity contribution in [1.82, 2.24) is 0 Å². The molecule has 0 amide bonds. The van der Waals surface area contributed by atoms with Gasteiger partial charge in [-0.25, -0.2) is 0 Å². The van der Waals surface area contributed by atoms with E-state index < -0.39 is 0 Å². The second kappa shape index (κ2) is 5.37. The van der Waals surface area contributed by atoms with Crippen LogP contribution in [-0.4, -0.2) is 10.9 Å². The van der Waals surface area contributed by atoms with Crippen LogP contribution in [0.3, 0.4) is 0 Å². The lowest BCUT2D eigenvalue weighted by molar-refractivity contribution is 0.0978. The highest BCUT2D eigenvalue weighted by Crippen LogP contribution is 2.23. The molecular weight excluding hydrogens is 252 g/mol. The van der Waals surface area contributed by atoms with Crippen LogP contribution in [0.2, 0.25) is 0 Å². The van der Waals surface area contributed by atoms with Gasteiger partial charge in [-0.2, -0.15) is 0 Å². The summed E-state index contributed by atoms with van der Waals surface area (Å²) in [5, 5.41) is 10.2. The number of hydrogen-bond donors (Lipinski definition) is 1. The number of rotatable bonds is 3. The van der Waals surface area contributed by atoms with Crippen molar-refractivity contribution in [3.8, 4) is 0 Å². The van der Waals surface area contributed by atoms with Gasteiger partial charge >= 0.3 is 0 Å². The van der Waals surface area contributed by atoms with Crippen LogP contribution in [0.1, 0.15) is 39.7 Å². The number of allylic oxidation sites excluding steroid dienone is 2. The predicted molar refractivity (Wildman–Crippen MR) is 78.9 cm³/mol. The van der Waals surface area contributed by atoms with Gasteiger partial charge in [0.2, 0.25) is 5.78 Å². The SMILES string of the molecule is C/C(=C(/O)C(=O)c1cc(C)cc(C)c1C)c1ccco1. The molecule has 20 heavy (non-hydrogen) atoms. The first-order valence-corrected chi connectivity index (χ1v) is 6.48. The average Bonchev–Trinajstić information content (AvgIpc) is 2.94. The summed E-state index contributed by atoms with van der Waals surface area (Å²) in [7, 11) is 0. The molecule has 0 aliphatic heterocycles. The van der Waals surface area contributed by atoms with Gasteiger partial charge in [0, 0.05) is 11.1 Å². The summed E-state index contributed by atoms with van der Waals surface area (Å²) < 4.78 is 5.21. The van der Waals surface area contributed by atoms with E-state index in [2.05, 4.69) is 0 Å². The van der Waals surface area contributed by atoms with Crippen molar-refractivity contribution in [2.45, 2.75) is 27.7 Å². The minimum absolute atomic E-state index is 0.270. The van der Waals surface area contributed by atoms with E-state index in [4.69, 9.17) is 4.42 Å². The van der Waals surface area contributed by atoms with Gasteiger partial charge in [0.1, 0.15) is 5.76 Å². The Kier molecular flexibility index (Phi) is 3.79. The topological polar surface area (TPSA) is 50.4 Å². The molecule has 0 aliphatic carbocycles. The monoisotopic (exact) mass is 270 g/mol. The molecule has 1 aromatic carbocycles. The van der Waals surface area contributed by atoms with Gasteiger partial charge in [-0.15, -0.1) is 0 Å². The molecule has 0 saturated carbocycles. The lowest BCUT2D eigenvalue weighted by Gasteiger charge is -2.10. The Hall–Kier alpha value is -2.29. The fourth-order valence-electron chi connectivity index (χ4n) is 2.18. The quantitative estimate of drug-likeness (QED) is 0.511. The lowest BCUT2D eigenvalue weighted by atomic mass is 9.95. The molecule has 0 radical (unpaired) electrons. The summed E-state index contributed by atoms with van der Waals surface area (Å²) in [5.41, 5.74) is 3.90. The molecule has 3 heteroatoms. The van der Waals surface area contributed by atoms with Crippen molar-refractivity contribution in [1.29, 1.82) is 0 Å². The third-order valence-corrected chi connectivity index (χ3v) is 3.52. The largest absolute Gasteiger partial charge is 0.504 e. The highest BCUT2D eigenvalue weighted by Gasteiger charge is 2.19. The number of carbonyl (C=O) groups excluding carboxylic acids is 1. The first kappa shape index (κ1) is 14.1. The molecule has 0 fully saturated rings. The standard InChI is InChI=1S/C17H18O3/c1-10-8-11(2)12(3)14(9-10)17(19)16(18)13(4)15-6-5-7-20-15/h5-9,18H,1-4H3/b16-13-. The van der Waals surface area contributed by atoms with Crippen molar-refractivity contribution in [2.75, 3.05) is 0 Å². The summed E-state index contributed by atoms with van der Waals surface area (Å²) in [6.45, 7) is 7.45. The Morgan fingerprint density at radius 2 is 1.90 bits per heavy atom. The van der Waals surface area contributed by atoms with Gasteiger partial charge in [-0.1, -0.05) is 11.6 Å². The summed E-state index contributed by atoms with van der Waals surface area (Å²) in [6.07, 6.45) is 1.51. The average molecular weight is 270 g/mol. The number of Topliss-reactive ketones (excluding diaryl/α,β-unsaturated/α-hetero) is 1. The van der Waals surface area contributed by atoms with Gasteiger partial charge in [0.05, 0.1) is 6.26 Å². The van der Waals surface area contributed by atoms with Crippen molar-refractivity contribution in [3.63, 3.8) is 0 Å². The third kappa shape index (κ3) is 2.52. The number of aliphatic hydroxyl groups excluding tert-OH is 1. The second-order valence-electron chi connectivity index (χ2n) is 5.03. The highest BCUT2D eigenvalue weighted by atomic mass is 16.3. The zero-order valence-electron chi connectivity index (χ0n) is 12.2. The molecular formula is C17H18O3. The van der Waals surface area contributed by atoms with Crippen LogP contribution in [0, 0.1) is 20.8 Å². The number of hydrogen-bond acceptors (Lipinski definition) is 3. The molecule has 0 spiro atoms. The van der Waals surface area contributed by atoms with E-state index in [1.165, 1.54) is 6.26 Å². The normalized spacial score (nSPS) is 12.2. The smallest absolute Gasteiger partial charge is 0.227 e. The Balaban J connectivity index is 2.49. The lowest BCUT2D eigenvalue weighted by Crippen LogP contribution is -2.08. The summed E-state index contributed by atoms with van der Waals surface area (Å²) in [5.74, 6) is -0.144. The number of aliphatic hydroxyl groups is 1. The molecule has 1 aromatic heterocycles. The molecule has 0 saturated heterocycles. The van der Waals surface area contributed by atoms with Crippen LogP contribution in [0.4, 0.5) is 0 Å². The van der Waals surface area contributed by atoms with E-state index in [1.807, 2.05) is 26.8 Å². The number of furan rings is 1. The summed E-state index contributed by atoms with van der Waals surface area (Å²) >= 11 is 0. The van der Waals surface area contributed by atoms with Crippen LogP contribution < -0.4 is 0 Å². The van der Waals surface area contributed by atoms with Crippen molar-refractivity contribution < 1.29 is 14.3 Å². The molecule has 0 aliphatic rings. The van der Waals surface area contributed by atoms with E-state index in [-0.39, 0.29) is 11.5 Å². The van der Waals surface area contributed by atoms with Crippen molar-refractivity contribution in [3.05, 3.63) is 64.3 Å². The molecule has 3 nitrogen and oxygen atoms in total. The van der Waals surface area contributed by atoms with Gasteiger partial charge in [-0.05, 0) is 57.0 Å². The van der Waals surface area contributed by atoms with Crippen LogP contribution in [0.25, 0.3) is 5.57 Å². The summed E-state index contributed by atoms with van der Waals surface area (Å²) in [4.78, 5) is 12.5. The third-order valence-electron chi connectivity index (χ3n) is 3.52. The first-order valence-electron chi connectivity index (χ1n) is 6.48. The Morgan fingerprint density at radius 1 is 1.20 bits per heavy atom. The van der Waals surface area contributed by atoms with Crippen LogP contribution in [-0.2, 0) is 0 Å². The molecule has 0 atom stereocenters. The van der Waals surface area contributed by atoms with Gasteiger partial charge in [0.15, 0.2) is 5.76 Å². The fraction of sp³-hybridized carbons (Fsp3) is 0.235. The summed E-state index contributed by atoms with van der Waals surface area (Å²) in [6, 6.07) is 7.26. The molecule has 2 aromatic rings. The van der Waals surface area contributed by atoms with E-state index in [9.17, 15) is 9.90 Å². The fourth-order valence-corrected chi connectivity index (χ4v) is 2.18. The maximum absolute atomic E-state index is 12.5. The van der Waals surface area contributed by atoms with Gasteiger partial charge < -0.3 is 9.52 Å². The maximum Gasteiger partial charge on any atom is 0.227 e. The van der Waals surface area contributed by atoms with E-state index in [0.29, 0.717) is 16.9 Å². The Morgan fingerprint density at radius 3 is 2.50 bits per heavy atom. The minimum Gasteiger partial charge on any atom is -0.504 e. The predicted octanol–water partition coefficient (Wildman–Crippen LogP) is 4.38. The maximum atomic E-state index is 12.5. The highest BCUT2D eigenvalue weighted by molar-refractivity contribution is 6.12. The van der Waals surface area contributed by atoms with E-state index >= 15 is 0 Å². The molecule has 1 heterocycles. The van der Waals surface area contributed by atoms with E-state index in [0.717, 1.165) is 16.7 Å². The van der Waals surface area contributed by atoms with E-state index in [1.54, 1.807) is 25.1 Å². The Labute approximate surface area is 118 Å². The van der Waals surface area contributed by atoms with Crippen molar-refractivity contribution in [2.24, 2.45) is 0 Å². The number of aryl methyl sites for hydroxylation is 2. The van der Waals surface area contributed by atoms with Crippen LogP contribution in [0.15, 0.2) is 40.7 Å². The van der Waals surface area contributed by atoms with Gasteiger partial charge in [-0.3, -0.25) is 4.79 Å². The van der Waals surface area contributed by atoms with Crippen LogP contribution in [0.5, 0.6) is 0 Å². The first-order chi connectivity index (χ1) is 9.41. The zero-order chi connectivity index (χ0) is 14.9. The second-order valence-corrected chi connectivity index (χ2v) is 5.03.